The Kier molecular flexibility index (Phi) is 16.1. The van der Waals surface area contributed by atoms with Gasteiger partial charge in [0.25, 0.3) is 5.91 Å². The van der Waals surface area contributed by atoms with E-state index in [0.29, 0.717) is 61.6 Å². The molecular weight excluding hydrogens is 1080 g/mol. The smallest absolute Gasteiger partial charge is 0.417 e. The third-order valence-corrected chi connectivity index (χ3v) is 17.6. The molecule has 0 bridgehead atoms. The van der Waals surface area contributed by atoms with Crippen LogP contribution in [0.1, 0.15) is 119 Å². The fraction of sp³-hybridized carbons (Fsp3) is 0.227. The Morgan fingerprint density at radius 1 is 0.651 bits per heavy atom. The van der Waals surface area contributed by atoms with Crippen molar-refractivity contribution in [2.45, 2.75) is 81.9 Å². The summed E-state index contributed by atoms with van der Waals surface area (Å²) < 4.78 is 77.7. The summed E-state index contributed by atoms with van der Waals surface area (Å²) in [5, 5.41) is 4.30. The van der Waals surface area contributed by atoms with Crippen molar-refractivity contribution in [1.82, 2.24) is 0 Å². The van der Waals surface area contributed by atoms with Crippen LogP contribution in [0.5, 0.6) is 23.0 Å². The Morgan fingerprint density at radius 2 is 1.30 bits per heavy atom. The number of anilines is 1. The van der Waals surface area contributed by atoms with Crippen LogP contribution in [0.4, 0.5) is 18.9 Å². The number of hydrogen-bond acceptors (Lipinski definition) is 7. The normalized spacial score (nSPS) is 16.7. The lowest BCUT2D eigenvalue weighted by Gasteiger charge is -2.45. The number of unbranched alkanes of at least 4 members (excludes halogenated alkanes) is 2. The maximum atomic E-state index is 15.5. The van der Waals surface area contributed by atoms with Crippen LogP contribution in [0.15, 0.2) is 215 Å². The van der Waals surface area contributed by atoms with E-state index in [-0.39, 0.29) is 28.0 Å². The molecule has 12 rings (SSSR count). The standard InChI is InChI=1S/C75H66F3NO7/c1-5-6-9-14-47-19-21-48(22-20-47)49-23-25-50(26-24-49)51-27-29-54(30-28-51)72(80)79-57-34-39-60(66(44-57)75(76,77)78)55-31-38-62-63(43-55)61-41-42-85-73(81)70(61)64-46-67(69(52-15-10-7-11-16-52)53-17-12-8-13-18-53)74(86-71(62)64,56-32-35-58(82-2)36-33-56)65-40-37-59(83-3)45-68(65)84-4/h7-8,10-13,15-18,23-48,69H,5-6,9,14,19-22H2,1-4H3,(H,79,80). The van der Waals surface area contributed by atoms with Crippen molar-refractivity contribution in [1.29, 1.82) is 0 Å². The highest BCUT2D eigenvalue weighted by Crippen LogP contribution is 2.58. The van der Waals surface area contributed by atoms with Crippen molar-refractivity contribution in [2.75, 3.05) is 26.6 Å². The predicted molar refractivity (Wildman–Crippen MR) is 336 cm³/mol. The van der Waals surface area contributed by atoms with Crippen LogP contribution in [0.25, 0.3) is 49.9 Å². The highest BCUT2D eigenvalue weighted by Gasteiger charge is 2.50. The molecule has 11 heteroatoms. The van der Waals surface area contributed by atoms with Gasteiger partial charge in [-0.1, -0.05) is 154 Å². The number of ether oxygens (including phenoxy) is 4. The van der Waals surface area contributed by atoms with E-state index in [2.05, 4.69) is 60.8 Å². The molecule has 10 aromatic rings. The second kappa shape index (κ2) is 24.3. The quantitative estimate of drug-likeness (QED) is 0.0717. The van der Waals surface area contributed by atoms with Gasteiger partial charge in [0.1, 0.15) is 23.0 Å². The lowest BCUT2D eigenvalue weighted by molar-refractivity contribution is -0.137. The number of halogens is 3. The molecule has 1 aliphatic carbocycles. The summed E-state index contributed by atoms with van der Waals surface area (Å²) in [6.45, 7) is 2.26. The lowest BCUT2D eigenvalue weighted by atomic mass is 9.68. The number of fused-ring (bicyclic) bond motifs is 6. The van der Waals surface area contributed by atoms with Crippen LogP contribution in [-0.2, 0) is 11.8 Å². The highest BCUT2D eigenvalue weighted by molar-refractivity contribution is 6.15. The molecule has 434 valence electrons. The van der Waals surface area contributed by atoms with Crippen LogP contribution < -0.4 is 29.9 Å². The molecule has 0 spiro atoms. The topological polar surface area (TPSA) is 96.2 Å². The summed E-state index contributed by atoms with van der Waals surface area (Å²) in [5.74, 6) is 2.23. The van der Waals surface area contributed by atoms with Crippen LogP contribution in [0.2, 0.25) is 0 Å². The number of hydrogen-bond donors (Lipinski definition) is 1. The number of amides is 1. The Balaban J connectivity index is 0.930. The van der Waals surface area contributed by atoms with Crippen molar-refractivity contribution in [2.24, 2.45) is 5.92 Å². The largest absolute Gasteiger partial charge is 0.497 e. The summed E-state index contributed by atoms with van der Waals surface area (Å²) in [5.41, 5.74) is 4.79. The molecule has 1 aliphatic heterocycles. The number of benzene rings is 9. The summed E-state index contributed by atoms with van der Waals surface area (Å²) in [7, 11) is 4.75. The Labute approximate surface area is 498 Å². The maximum absolute atomic E-state index is 15.5. The van der Waals surface area contributed by atoms with E-state index in [9.17, 15) is 9.59 Å². The first-order valence-electron chi connectivity index (χ1n) is 29.5. The van der Waals surface area contributed by atoms with E-state index >= 15 is 13.2 Å². The average Bonchev–Trinajstić information content (AvgIpc) is 0.750. The van der Waals surface area contributed by atoms with Crippen molar-refractivity contribution in [3.63, 3.8) is 0 Å². The summed E-state index contributed by atoms with van der Waals surface area (Å²) >= 11 is 0. The molecule has 0 radical (unpaired) electrons. The number of alkyl halides is 3. The van der Waals surface area contributed by atoms with Crippen molar-refractivity contribution in [3.05, 3.63) is 261 Å². The molecule has 1 aromatic heterocycles. The van der Waals surface area contributed by atoms with Crippen molar-refractivity contribution < 1.29 is 41.3 Å². The van der Waals surface area contributed by atoms with E-state index in [0.717, 1.165) is 39.8 Å². The summed E-state index contributed by atoms with van der Waals surface area (Å²) in [6, 6.07) is 59.5. The average molecular weight is 1150 g/mol. The second-order valence-corrected chi connectivity index (χ2v) is 22.6. The van der Waals surface area contributed by atoms with E-state index in [1.807, 2.05) is 91.0 Å². The number of rotatable bonds is 17. The zero-order valence-electron chi connectivity index (χ0n) is 48.5. The minimum Gasteiger partial charge on any atom is -0.497 e. The zero-order valence-corrected chi connectivity index (χ0v) is 48.5. The fourth-order valence-electron chi connectivity index (χ4n) is 13.2. The fourth-order valence-corrected chi connectivity index (χ4v) is 13.2. The minimum absolute atomic E-state index is 0.0252. The van der Waals surface area contributed by atoms with Crippen LogP contribution in [-0.4, -0.2) is 27.2 Å². The predicted octanol–water partition coefficient (Wildman–Crippen LogP) is 19.0. The summed E-state index contributed by atoms with van der Waals surface area (Å²) in [6.07, 6.45) is 8.71. The maximum Gasteiger partial charge on any atom is 0.417 e. The molecular formula is C75H66F3NO7. The first-order valence-corrected chi connectivity index (χ1v) is 29.5. The van der Waals surface area contributed by atoms with Crippen molar-refractivity contribution >= 4 is 39.2 Å². The summed E-state index contributed by atoms with van der Waals surface area (Å²) in [4.78, 5) is 28.3. The third kappa shape index (κ3) is 11.0. The molecule has 0 saturated heterocycles. The van der Waals surface area contributed by atoms with Gasteiger partial charge in [-0.3, -0.25) is 4.79 Å². The molecule has 9 aromatic carbocycles. The minimum atomic E-state index is -4.84. The SMILES string of the molecule is CCCCCC1CCC(c2ccc(-c3ccc(C(=O)Nc4ccc(-c5ccc6c7c(c8c(=O)occc8c6c5)C=C(C(c5ccccc5)c5ccccc5)C(c5ccc(OC)cc5)(c5ccc(OC)cc5OC)O7)c(C(F)(F)F)c4)cc3)cc2)CC1. The number of nitrogens with one attached hydrogen (secondary N) is 1. The molecule has 8 nitrogen and oxygen atoms in total. The van der Waals surface area contributed by atoms with E-state index in [1.165, 1.54) is 75.3 Å². The van der Waals surface area contributed by atoms with Crippen LogP contribution in [0.3, 0.4) is 0 Å². The van der Waals surface area contributed by atoms with Gasteiger partial charge in [0.15, 0.2) is 5.60 Å². The molecule has 2 heterocycles. The number of carbonyl (C=O) groups is 1. The van der Waals surface area contributed by atoms with Crippen LogP contribution in [0, 0.1) is 5.92 Å². The molecule has 1 fully saturated rings. The zero-order chi connectivity index (χ0) is 59.5. The monoisotopic (exact) mass is 1150 g/mol. The van der Waals surface area contributed by atoms with E-state index < -0.39 is 34.8 Å². The first kappa shape index (κ1) is 57.1. The molecule has 1 N–H and O–H groups in total. The van der Waals surface area contributed by atoms with Gasteiger partial charge in [0.05, 0.1) is 38.5 Å². The highest BCUT2D eigenvalue weighted by atomic mass is 19.4. The lowest BCUT2D eigenvalue weighted by Crippen LogP contribution is -2.41. The Hall–Kier alpha value is -9.35. The van der Waals surface area contributed by atoms with Crippen LogP contribution >= 0.6 is 0 Å². The Bertz CT molecular complexity index is 4130. The van der Waals surface area contributed by atoms with Gasteiger partial charge < -0.3 is 28.7 Å². The second-order valence-electron chi connectivity index (χ2n) is 22.6. The van der Waals surface area contributed by atoms with Gasteiger partial charge in [-0.15, -0.1) is 0 Å². The third-order valence-electron chi connectivity index (χ3n) is 17.6. The first-order chi connectivity index (χ1) is 41.9. The van der Waals surface area contributed by atoms with Crippen molar-refractivity contribution in [3.8, 4) is 45.3 Å². The van der Waals surface area contributed by atoms with Gasteiger partial charge in [0.2, 0.25) is 0 Å². The molecule has 1 atom stereocenters. The Morgan fingerprint density at radius 3 is 1.94 bits per heavy atom. The molecule has 1 amide bonds. The number of carbonyl (C=O) groups excluding carboxylic acids is 1. The molecule has 1 saturated carbocycles. The van der Waals surface area contributed by atoms with Gasteiger partial charge >= 0.3 is 11.8 Å². The van der Waals surface area contributed by atoms with E-state index in [4.69, 9.17) is 23.4 Å². The van der Waals surface area contributed by atoms with Gasteiger partial charge in [-0.25, -0.2) is 4.79 Å². The van der Waals surface area contributed by atoms with Gasteiger partial charge in [-0.2, -0.15) is 13.2 Å². The molecule has 2 aliphatic rings. The molecule has 1 unspecified atom stereocenters. The molecule has 86 heavy (non-hydrogen) atoms. The van der Waals surface area contributed by atoms with E-state index in [1.54, 1.807) is 63.8 Å². The van der Waals surface area contributed by atoms with Gasteiger partial charge in [0, 0.05) is 50.7 Å². The number of methoxy groups -OCH3 is 3. The van der Waals surface area contributed by atoms with Gasteiger partial charge in [-0.05, 0) is 160 Å².